The van der Waals surface area contributed by atoms with Crippen LogP contribution in [-0.2, 0) is 16.0 Å². The van der Waals surface area contributed by atoms with Gasteiger partial charge < -0.3 is 10.1 Å². The number of hydrogen-bond acceptors (Lipinski definition) is 4. The second-order valence-corrected chi connectivity index (χ2v) is 6.66. The molecule has 20 heavy (non-hydrogen) atoms. The van der Waals surface area contributed by atoms with Crippen molar-refractivity contribution in [3.63, 3.8) is 0 Å². The molecule has 4 nitrogen and oxygen atoms in total. The molecular formula is C15H22N2O2S. The van der Waals surface area contributed by atoms with Crippen LogP contribution in [0.15, 0.2) is 17.5 Å². The van der Waals surface area contributed by atoms with Gasteiger partial charge in [-0.1, -0.05) is 12.5 Å². The van der Waals surface area contributed by atoms with Crippen LogP contribution in [0.2, 0.25) is 0 Å². The van der Waals surface area contributed by atoms with Crippen molar-refractivity contribution in [1.29, 1.82) is 0 Å². The minimum atomic E-state index is 0.116. The predicted octanol–water partition coefficient (Wildman–Crippen LogP) is 1.66. The van der Waals surface area contributed by atoms with Crippen LogP contribution >= 0.6 is 11.3 Å². The second-order valence-electron chi connectivity index (χ2n) is 5.63. The number of piperidine rings is 1. The quantitative estimate of drug-likeness (QED) is 0.918. The van der Waals surface area contributed by atoms with Gasteiger partial charge in [-0.25, -0.2) is 0 Å². The highest BCUT2D eigenvalue weighted by molar-refractivity contribution is 7.10. The summed E-state index contributed by atoms with van der Waals surface area (Å²) in [5, 5.41) is 5.18. The topological polar surface area (TPSA) is 41.6 Å². The average Bonchev–Trinajstić information content (AvgIpc) is 3.11. The van der Waals surface area contributed by atoms with E-state index in [0.29, 0.717) is 19.1 Å². The first-order valence-corrected chi connectivity index (χ1v) is 8.34. The van der Waals surface area contributed by atoms with E-state index >= 15 is 0 Å². The van der Waals surface area contributed by atoms with Gasteiger partial charge in [0, 0.05) is 4.88 Å². The summed E-state index contributed by atoms with van der Waals surface area (Å²) in [4.78, 5) is 15.7. The number of carbonyl (C=O) groups is 1. The number of ether oxygens (including phenoxy) is 1. The van der Waals surface area contributed by atoms with Crippen LogP contribution in [0.25, 0.3) is 0 Å². The zero-order valence-electron chi connectivity index (χ0n) is 11.7. The Morgan fingerprint density at radius 1 is 1.35 bits per heavy atom. The lowest BCUT2D eigenvalue weighted by atomic mass is 10.0. The first kappa shape index (κ1) is 14.0. The first-order chi connectivity index (χ1) is 9.83. The van der Waals surface area contributed by atoms with Crippen LogP contribution in [0.1, 0.15) is 24.1 Å². The van der Waals surface area contributed by atoms with Crippen molar-refractivity contribution in [2.45, 2.75) is 37.8 Å². The molecule has 2 saturated heterocycles. The van der Waals surface area contributed by atoms with Gasteiger partial charge in [0.15, 0.2) is 0 Å². The van der Waals surface area contributed by atoms with Gasteiger partial charge in [-0.2, -0.15) is 0 Å². The molecule has 0 aromatic carbocycles. The molecule has 2 aliphatic rings. The molecule has 0 radical (unpaired) electrons. The molecule has 2 atom stereocenters. The van der Waals surface area contributed by atoms with Gasteiger partial charge in [0.1, 0.15) is 0 Å². The third kappa shape index (κ3) is 3.40. The fraction of sp³-hybridized carbons (Fsp3) is 0.667. The molecule has 110 valence electrons. The summed E-state index contributed by atoms with van der Waals surface area (Å²) < 4.78 is 5.61. The predicted molar refractivity (Wildman–Crippen MR) is 80.0 cm³/mol. The standard InChI is InChI=1S/C15H22N2O2S/c18-15(9-12-5-4-8-20-12)16-13-10-19-11-14(13)17-6-2-1-3-7-17/h4-5,8,13-14H,1-3,6-7,9-11H2,(H,16,18)/t13-,14-/m0/s1. The molecule has 2 fully saturated rings. The van der Waals surface area contributed by atoms with Crippen molar-refractivity contribution in [3.8, 4) is 0 Å². The van der Waals surface area contributed by atoms with Gasteiger partial charge >= 0.3 is 0 Å². The lowest BCUT2D eigenvalue weighted by Crippen LogP contribution is -2.52. The molecule has 1 amide bonds. The second kappa shape index (κ2) is 6.70. The van der Waals surface area contributed by atoms with E-state index < -0.39 is 0 Å². The van der Waals surface area contributed by atoms with E-state index in [1.54, 1.807) is 11.3 Å². The average molecular weight is 294 g/mol. The first-order valence-electron chi connectivity index (χ1n) is 7.46. The van der Waals surface area contributed by atoms with Crippen molar-refractivity contribution in [3.05, 3.63) is 22.4 Å². The summed E-state index contributed by atoms with van der Waals surface area (Å²) >= 11 is 1.64. The molecule has 3 heterocycles. The number of hydrogen-bond donors (Lipinski definition) is 1. The van der Waals surface area contributed by atoms with E-state index in [0.717, 1.165) is 24.6 Å². The Balaban J connectivity index is 1.54. The van der Waals surface area contributed by atoms with Crippen molar-refractivity contribution in [2.24, 2.45) is 0 Å². The van der Waals surface area contributed by atoms with Crippen molar-refractivity contribution >= 4 is 17.2 Å². The van der Waals surface area contributed by atoms with Gasteiger partial charge in [0.25, 0.3) is 0 Å². The lowest BCUT2D eigenvalue weighted by Gasteiger charge is -2.34. The van der Waals surface area contributed by atoms with E-state index in [1.807, 2.05) is 17.5 Å². The number of thiophene rings is 1. The Hall–Kier alpha value is -0.910. The molecule has 5 heteroatoms. The zero-order valence-corrected chi connectivity index (χ0v) is 12.5. The van der Waals surface area contributed by atoms with Crippen LogP contribution in [-0.4, -0.2) is 49.2 Å². The number of rotatable bonds is 4. The third-order valence-corrected chi connectivity index (χ3v) is 5.05. The maximum absolute atomic E-state index is 12.1. The van der Waals surface area contributed by atoms with E-state index in [-0.39, 0.29) is 11.9 Å². The Morgan fingerprint density at radius 2 is 2.20 bits per heavy atom. The molecule has 0 bridgehead atoms. The van der Waals surface area contributed by atoms with Gasteiger partial charge in [0.2, 0.25) is 5.91 Å². The number of amides is 1. The Bertz CT molecular complexity index is 429. The maximum Gasteiger partial charge on any atom is 0.225 e. The van der Waals surface area contributed by atoms with E-state index in [9.17, 15) is 4.79 Å². The molecule has 1 aromatic heterocycles. The van der Waals surface area contributed by atoms with E-state index in [1.165, 1.54) is 19.3 Å². The fourth-order valence-electron chi connectivity index (χ4n) is 3.12. The van der Waals surface area contributed by atoms with E-state index in [2.05, 4.69) is 10.2 Å². The largest absolute Gasteiger partial charge is 0.378 e. The zero-order chi connectivity index (χ0) is 13.8. The highest BCUT2D eigenvalue weighted by Crippen LogP contribution is 2.19. The maximum atomic E-state index is 12.1. The molecule has 0 saturated carbocycles. The number of carbonyl (C=O) groups excluding carboxylic acids is 1. The Kier molecular flexibility index (Phi) is 4.70. The molecule has 2 aliphatic heterocycles. The van der Waals surface area contributed by atoms with Gasteiger partial charge in [0.05, 0.1) is 31.7 Å². The Morgan fingerprint density at radius 3 is 2.95 bits per heavy atom. The fourth-order valence-corrected chi connectivity index (χ4v) is 3.82. The summed E-state index contributed by atoms with van der Waals surface area (Å²) in [7, 11) is 0. The molecule has 0 aliphatic carbocycles. The minimum Gasteiger partial charge on any atom is -0.378 e. The van der Waals surface area contributed by atoms with Crippen molar-refractivity contribution in [2.75, 3.05) is 26.3 Å². The summed E-state index contributed by atoms with van der Waals surface area (Å²) in [5.74, 6) is 0.116. The molecule has 0 unspecified atom stereocenters. The summed E-state index contributed by atoms with van der Waals surface area (Å²) in [6.45, 7) is 3.69. The van der Waals surface area contributed by atoms with Gasteiger partial charge in [-0.3, -0.25) is 9.69 Å². The lowest BCUT2D eigenvalue weighted by molar-refractivity contribution is -0.121. The van der Waals surface area contributed by atoms with Gasteiger partial charge in [-0.15, -0.1) is 11.3 Å². The molecule has 3 rings (SSSR count). The summed E-state index contributed by atoms with van der Waals surface area (Å²) in [6.07, 6.45) is 4.36. The summed E-state index contributed by atoms with van der Waals surface area (Å²) in [6, 6.07) is 4.52. The van der Waals surface area contributed by atoms with E-state index in [4.69, 9.17) is 4.74 Å². The Labute approximate surface area is 124 Å². The monoisotopic (exact) mass is 294 g/mol. The smallest absolute Gasteiger partial charge is 0.225 e. The van der Waals surface area contributed by atoms with Crippen molar-refractivity contribution in [1.82, 2.24) is 10.2 Å². The number of likely N-dealkylation sites (tertiary alicyclic amines) is 1. The van der Waals surface area contributed by atoms with Gasteiger partial charge in [-0.05, 0) is 37.4 Å². The van der Waals surface area contributed by atoms with Crippen molar-refractivity contribution < 1.29 is 9.53 Å². The highest BCUT2D eigenvalue weighted by atomic mass is 32.1. The van der Waals surface area contributed by atoms with Crippen LogP contribution in [0.4, 0.5) is 0 Å². The molecule has 1 aromatic rings. The summed E-state index contributed by atoms with van der Waals surface area (Å²) in [5.41, 5.74) is 0. The van der Waals surface area contributed by atoms with Crippen LogP contribution in [0.3, 0.4) is 0 Å². The highest BCUT2D eigenvalue weighted by Gasteiger charge is 2.34. The SMILES string of the molecule is O=C(Cc1cccs1)N[C@H]1COC[C@@H]1N1CCCCC1. The molecule has 0 spiro atoms. The number of nitrogens with zero attached hydrogens (tertiary/aromatic N) is 1. The molecule has 1 N–H and O–H groups in total. The minimum absolute atomic E-state index is 0.116. The van der Waals surface area contributed by atoms with Crippen LogP contribution in [0.5, 0.6) is 0 Å². The van der Waals surface area contributed by atoms with Crippen LogP contribution in [0, 0.1) is 0 Å². The normalized spacial score (nSPS) is 27.6. The third-order valence-electron chi connectivity index (χ3n) is 4.17. The van der Waals surface area contributed by atoms with Crippen LogP contribution < -0.4 is 5.32 Å². The molecular weight excluding hydrogens is 272 g/mol. The number of nitrogens with one attached hydrogen (secondary N) is 1.